The smallest absolute Gasteiger partial charge is 0.290 e. The molecule has 0 aromatic heterocycles. The molecule has 1 atom stereocenters. The van der Waals surface area contributed by atoms with Crippen molar-refractivity contribution in [3.63, 3.8) is 0 Å². The molecule has 1 fully saturated rings. The van der Waals surface area contributed by atoms with E-state index in [0.717, 1.165) is 0 Å². The fraction of sp³-hybridized carbons (Fsp3) is 0.538. The largest absolute Gasteiger partial charge is 0.390 e. The molecule has 0 unspecified atom stereocenters. The van der Waals surface area contributed by atoms with Gasteiger partial charge in [-0.3, -0.25) is 4.90 Å². The van der Waals surface area contributed by atoms with Crippen LogP contribution in [0.4, 0.5) is 22.0 Å². The lowest BCUT2D eigenvalue weighted by molar-refractivity contribution is -0.119. The van der Waals surface area contributed by atoms with Crippen LogP contribution in [0.5, 0.6) is 0 Å². The third-order valence-electron chi connectivity index (χ3n) is 3.44. The molecule has 3 nitrogen and oxygen atoms in total. The first kappa shape index (κ1) is 19.1. The van der Waals surface area contributed by atoms with Gasteiger partial charge in [-0.25, -0.2) is 22.0 Å². The minimum Gasteiger partial charge on any atom is -0.390 e. The van der Waals surface area contributed by atoms with E-state index in [9.17, 15) is 22.0 Å². The molecule has 9 heteroatoms. The van der Waals surface area contributed by atoms with Crippen molar-refractivity contribution in [1.82, 2.24) is 10.2 Å². The molecule has 0 aliphatic carbocycles. The maximum atomic E-state index is 14.0. The minimum absolute atomic E-state index is 0. The van der Waals surface area contributed by atoms with Crippen molar-refractivity contribution in [2.24, 2.45) is 0 Å². The Balaban J connectivity index is 0.00000242. The van der Waals surface area contributed by atoms with E-state index in [0.29, 0.717) is 25.2 Å². The van der Waals surface area contributed by atoms with Crippen LogP contribution in [0.1, 0.15) is 11.6 Å². The van der Waals surface area contributed by atoms with Gasteiger partial charge in [-0.2, -0.15) is 0 Å². The molecule has 0 radical (unpaired) electrons. The first-order chi connectivity index (χ1) is 9.86. The van der Waals surface area contributed by atoms with Crippen molar-refractivity contribution in [2.45, 2.75) is 12.0 Å². The fourth-order valence-electron chi connectivity index (χ4n) is 2.49. The predicted octanol–water partition coefficient (Wildman–Crippen LogP) is 2.10. The fourth-order valence-corrected chi connectivity index (χ4v) is 2.49. The molecule has 1 heterocycles. The van der Waals surface area contributed by atoms with Crippen LogP contribution >= 0.6 is 12.4 Å². The summed E-state index contributed by atoms with van der Waals surface area (Å²) in [6.07, 6.45) is 0. The maximum absolute atomic E-state index is 14.0. The van der Waals surface area contributed by atoms with Crippen molar-refractivity contribution in [1.29, 1.82) is 0 Å². The average molecular weight is 347 g/mol. The maximum Gasteiger partial charge on any atom is 0.290 e. The molecule has 2 N–H and O–H groups in total. The number of benzene rings is 1. The van der Waals surface area contributed by atoms with Crippen LogP contribution in [0.25, 0.3) is 0 Å². The lowest BCUT2D eigenvalue weighted by Gasteiger charge is -2.38. The Labute approximate surface area is 130 Å². The zero-order chi connectivity index (χ0) is 15.6. The average Bonchev–Trinajstić information content (AvgIpc) is 2.45. The van der Waals surface area contributed by atoms with Crippen LogP contribution in [0.2, 0.25) is 0 Å². The molecule has 0 bridgehead atoms. The molecule has 0 amide bonds. The topological polar surface area (TPSA) is 35.5 Å². The number of hydrogen-bond acceptors (Lipinski definition) is 3. The van der Waals surface area contributed by atoms with E-state index >= 15 is 0 Å². The van der Waals surface area contributed by atoms with Crippen molar-refractivity contribution >= 4 is 12.4 Å². The molecule has 22 heavy (non-hydrogen) atoms. The van der Waals surface area contributed by atoms with E-state index in [1.807, 2.05) is 0 Å². The summed E-state index contributed by atoms with van der Waals surface area (Å²) in [5.74, 6) is -7.91. The summed E-state index contributed by atoms with van der Waals surface area (Å²) in [5.41, 5.74) is -0.784. The van der Waals surface area contributed by atoms with Gasteiger partial charge in [0.15, 0.2) is 11.6 Å². The zero-order valence-electron chi connectivity index (χ0n) is 11.5. The van der Waals surface area contributed by atoms with Crippen molar-refractivity contribution < 1.29 is 27.1 Å². The van der Waals surface area contributed by atoms with Crippen LogP contribution in [-0.2, 0) is 0 Å². The molecule has 126 valence electrons. The molecule has 1 aliphatic heterocycles. The molecule has 1 aliphatic rings. The summed E-state index contributed by atoms with van der Waals surface area (Å²) in [5, 5.41) is 11.8. The first-order valence-corrected chi connectivity index (χ1v) is 6.44. The minimum atomic E-state index is -3.72. The standard InChI is InChI=1S/C13H15F5N2O.ClH/c14-8-5-9(11(16)10(15)6-8)12(13(17,18)7-21)20-3-1-19-2-4-20;/h5-6,12,19,21H,1-4,7H2;1H/t12-;/m0./s1. The van der Waals surface area contributed by atoms with Gasteiger partial charge in [0.25, 0.3) is 5.92 Å². The third-order valence-corrected chi connectivity index (χ3v) is 3.44. The second-order valence-electron chi connectivity index (χ2n) is 4.90. The molecule has 1 saturated heterocycles. The van der Waals surface area contributed by atoms with Gasteiger partial charge in [0.1, 0.15) is 18.5 Å². The van der Waals surface area contributed by atoms with E-state index in [-0.39, 0.29) is 25.5 Å². The van der Waals surface area contributed by atoms with Crippen LogP contribution in [-0.4, -0.2) is 48.7 Å². The third kappa shape index (κ3) is 3.87. The first-order valence-electron chi connectivity index (χ1n) is 6.44. The van der Waals surface area contributed by atoms with E-state index in [1.54, 1.807) is 0 Å². The normalized spacial score (nSPS) is 17.9. The van der Waals surface area contributed by atoms with Gasteiger partial charge in [-0.15, -0.1) is 12.4 Å². The van der Waals surface area contributed by atoms with Crippen LogP contribution in [0.3, 0.4) is 0 Å². The van der Waals surface area contributed by atoms with Crippen LogP contribution in [0.15, 0.2) is 12.1 Å². The van der Waals surface area contributed by atoms with Gasteiger partial charge in [-0.1, -0.05) is 0 Å². The molecular weight excluding hydrogens is 331 g/mol. The quantitative estimate of drug-likeness (QED) is 0.647. The predicted molar refractivity (Wildman–Crippen MR) is 72.8 cm³/mol. The Morgan fingerprint density at radius 3 is 2.32 bits per heavy atom. The second kappa shape index (κ2) is 7.54. The van der Waals surface area contributed by atoms with Crippen molar-refractivity contribution in [2.75, 3.05) is 32.8 Å². The van der Waals surface area contributed by atoms with Gasteiger partial charge in [-0.05, 0) is 6.07 Å². The van der Waals surface area contributed by atoms with E-state index in [4.69, 9.17) is 5.11 Å². The van der Waals surface area contributed by atoms with Gasteiger partial charge in [0.05, 0.1) is 0 Å². The summed E-state index contributed by atoms with van der Waals surface area (Å²) >= 11 is 0. The number of halogens is 6. The summed E-state index contributed by atoms with van der Waals surface area (Å²) in [6, 6.07) is -1.07. The number of alkyl halides is 2. The highest BCUT2D eigenvalue weighted by atomic mass is 35.5. The van der Waals surface area contributed by atoms with Crippen molar-refractivity contribution in [3.8, 4) is 0 Å². The molecule has 1 aromatic carbocycles. The van der Waals surface area contributed by atoms with Gasteiger partial charge in [0, 0.05) is 37.8 Å². The van der Waals surface area contributed by atoms with Gasteiger partial charge in [0.2, 0.25) is 0 Å². The number of nitrogens with one attached hydrogen (secondary N) is 1. The molecule has 2 rings (SSSR count). The zero-order valence-corrected chi connectivity index (χ0v) is 12.3. The number of rotatable bonds is 4. The summed E-state index contributed by atoms with van der Waals surface area (Å²) in [4.78, 5) is 1.21. The van der Waals surface area contributed by atoms with Crippen LogP contribution in [0, 0.1) is 17.5 Å². The Kier molecular flexibility index (Phi) is 6.54. The molecule has 0 spiro atoms. The second-order valence-corrected chi connectivity index (χ2v) is 4.90. The van der Waals surface area contributed by atoms with Gasteiger partial charge < -0.3 is 10.4 Å². The number of aliphatic hydroxyl groups is 1. The number of hydrogen-bond donors (Lipinski definition) is 2. The highest BCUT2D eigenvalue weighted by Gasteiger charge is 2.45. The Morgan fingerprint density at radius 2 is 1.77 bits per heavy atom. The lowest BCUT2D eigenvalue weighted by Crippen LogP contribution is -2.51. The van der Waals surface area contributed by atoms with E-state index in [2.05, 4.69) is 5.32 Å². The van der Waals surface area contributed by atoms with E-state index < -0.39 is 41.6 Å². The summed E-state index contributed by atoms with van der Waals surface area (Å²) < 4.78 is 68.5. The number of aliphatic hydroxyl groups excluding tert-OH is 1. The summed E-state index contributed by atoms with van der Waals surface area (Å²) in [7, 11) is 0. The Hall–Kier alpha value is -0.960. The Bertz CT molecular complexity index is 511. The van der Waals surface area contributed by atoms with Gasteiger partial charge >= 0.3 is 0 Å². The monoisotopic (exact) mass is 346 g/mol. The highest BCUT2D eigenvalue weighted by molar-refractivity contribution is 5.85. The number of nitrogens with zero attached hydrogens (tertiary/aromatic N) is 1. The number of piperazine rings is 1. The van der Waals surface area contributed by atoms with Crippen LogP contribution < -0.4 is 5.32 Å². The molecular formula is C13H16ClF5N2O. The molecule has 1 aromatic rings. The summed E-state index contributed by atoms with van der Waals surface area (Å²) in [6.45, 7) is -0.469. The van der Waals surface area contributed by atoms with E-state index in [1.165, 1.54) is 4.90 Å². The highest BCUT2D eigenvalue weighted by Crippen LogP contribution is 2.38. The van der Waals surface area contributed by atoms with Crippen molar-refractivity contribution in [3.05, 3.63) is 35.1 Å². The SMILES string of the molecule is Cl.OCC(F)(F)[C@H](c1cc(F)cc(F)c1F)N1CCNCC1. The lowest BCUT2D eigenvalue weighted by atomic mass is 9.97. The molecule has 0 saturated carbocycles. The Morgan fingerprint density at radius 1 is 1.18 bits per heavy atom.